The average Bonchev–Trinajstić information content (AvgIpc) is 2.85. The van der Waals surface area contributed by atoms with Crippen molar-refractivity contribution in [2.75, 3.05) is 0 Å². The number of imide groups is 1. The van der Waals surface area contributed by atoms with Crippen molar-refractivity contribution < 1.29 is 14.3 Å². The Labute approximate surface area is 151 Å². The van der Waals surface area contributed by atoms with Crippen LogP contribution < -0.4 is 4.74 Å². The standard InChI is InChI=1S/C20H19NO3S/c1-14(2)24-17-11-7-6-10-16(17)12-18-19(22)21(20(23)25-18)13-15-8-4-3-5-9-15/h3-12,14H,13H2,1-2H3/b18-12-. The molecule has 0 spiro atoms. The van der Waals surface area contributed by atoms with Crippen LogP contribution in [-0.4, -0.2) is 22.2 Å². The molecule has 1 aliphatic heterocycles. The molecule has 2 aromatic rings. The summed E-state index contributed by atoms with van der Waals surface area (Å²) in [7, 11) is 0. The molecule has 0 saturated carbocycles. The lowest BCUT2D eigenvalue weighted by Crippen LogP contribution is -2.27. The molecule has 128 valence electrons. The fourth-order valence-corrected chi connectivity index (χ4v) is 3.33. The molecule has 0 aliphatic carbocycles. The van der Waals surface area contributed by atoms with Crippen molar-refractivity contribution in [3.63, 3.8) is 0 Å². The van der Waals surface area contributed by atoms with E-state index >= 15 is 0 Å². The predicted octanol–water partition coefficient (Wildman–Crippen LogP) is 4.71. The highest BCUT2D eigenvalue weighted by atomic mass is 32.2. The summed E-state index contributed by atoms with van der Waals surface area (Å²) in [4.78, 5) is 26.6. The molecule has 3 rings (SSSR count). The lowest BCUT2D eigenvalue weighted by atomic mass is 10.1. The van der Waals surface area contributed by atoms with Gasteiger partial charge in [-0.25, -0.2) is 0 Å². The number of hydrogen-bond acceptors (Lipinski definition) is 4. The van der Waals surface area contributed by atoms with E-state index in [0.29, 0.717) is 10.7 Å². The molecule has 25 heavy (non-hydrogen) atoms. The van der Waals surface area contributed by atoms with Gasteiger partial charge >= 0.3 is 0 Å². The molecule has 5 heteroatoms. The summed E-state index contributed by atoms with van der Waals surface area (Å²) in [6, 6.07) is 17.0. The Morgan fingerprint density at radius 2 is 1.72 bits per heavy atom. The Morgan fingerprint density at radius 1 is 1.04 bits per heavy atom. The number of benzene rings is 2. The lowest BCUT2D eigenvalue weighted by molar-refractivity contribution is -0.123. The van der Waals surface area contributed by atoms with E-state index < -0.39 is 0 Å². The van der Waals surface area contributed by atoms with Crippen LogP contribution in [0.25, 0.3) is 6.08 Å². The monoisotopic (exact) mass is 353 g/mol. The van der Waals surface area contributed by atoms with Crippen LogP contribution in [0.1, 0.15) is 25.0 Å². The highest BCUT2D eigenvalue weighted by Gasteiger charge is 2.35. The number of amides is 2. The van der Waals surface area contributed by atoms with Crippen LogP contribution >= 0.6 is 11.8 Å². The SMILES string of the molecule is CC(C)Oc1ccccc1/C=C1\SC(=O)N(Cc2ccccc2)C1=O. The zero-order valence-corrected chi connectivity index (χ0v) is 15.0. The minimum absolute atomic E-state index is 0.0303. The smallest absolute Gasteiger partial charge is 0.293 e. The van der Waals surface area contributed by atoms with Gasteiger partial charge in [0.1, 0.15) is 5.75 Å². The van der Waals surface area contributed by atoms with Gasteiger partial charge in [-0.2, -0.15) is 0 Å². The van der Waals surface area contributed by atoms with Crippen LogP contribution in [-0.2, 0) is 11.3 Å². The molecule has 0 aromatic heterocycles. The maximum absolute atomic E-state index is 12.6. The second kappa shape index (κ2) is 7.57. The van der Waals surface area contributed by atoms with Crippen molar-refractivity contribution in [1.29, 1.82) is 0 Å². The maximum Gasteiger partial charge on any atom is 0.293 e. The highest BCUT2D eigenvalue weighted by Crippen LogP contribution is 2.35. The van der Waals surface area contributed by atoms with Crippen LogP contribution in [0.2, 0.25) is 0 Å². The molecule has 0 N–H and O–H groups in total. The van der Waals surface area contributed by atoms with E-state index in [1.807, 2.05) is 68.4 Å². The minimum atomic E-state index is -0.266. The van der Waals surface area contributed by atoms with E-state index in [1.54, 1.807) is 6.08 Å². The van der Waals surface area contributed by atoms with E-state index in [0.717, 1.165) is 22.9 Å². The number of carbonyl (C=O) groups is 2. The highest BCUT2D eigenvalue weighted by molar-refractivity contribution is 8.18. The summed E-state index contributed by atoms with van der Waals surface area (Å²) >= 11 is 0.966. The minimum Gasteiger partial charge on any atom is -0.490 e. The Kier molecular flexibility index (Phi) is 5.24. The molecule has 0 radical (unpaired) electrons. The van der Waals surface area contributed by atoms with Crippen LogP contribution in [0, 0.1) is 0 Å². The molecule has 1 fully saturated rings. The van der Waals surface area contributed by atoms with Crippen molar-refractivity contribution in [3.05, 3.63) is 70.6 Å². The summed E-state index contributed by atoms with van der Waals surface area (Å²) in [6.45, 7) is 4.18. The van der Waals surface area contributed by atoms with E-state index in [-0.39, 0.29) is 23.8 Å². The van der Waals surface area contributed by atoms with Crippen molar-refractivity contribution in [2.45, 2.75) is 26.5 Å². The van der Waals surface area contributed by atoms with E-state index in [9.17, 15) is 9.59 Å². The third-order valence-electron chi connectivity index (χ3n) is 3.63. The molecule has 2 amide bonds. The van der Waals surface area contributed by atoms with Crippen LogP contribution in [0.5, 0.6) is 5.75 Å². The van der Waals surface area contributed by atoms with Crippen LogP contribution in [0.3, 0.4) is 0 Å². The molecule has 1 saturated heterocycles. The third-order valence-corrected chi connectivity index (χ3v) is 4.53. The molecule has 4 nitrogen and oxygen atoms in total. The fourth-order valence-electron chi connectivity index (χ4n) is 2.50. The quantitative estimate of drug-likeness (QED) is 0.730. The third kappa shape index (κ3) is 4.12. The Hall–Kier alpha value is -2.53. The number of thioether (sulfide) groups is 1. The van der Waals surface area contributed by atoms with Crippen molar-refractivity contribution in [2.24, 2.45) is 0 Å². The number of hydrogen-bond donors (Lipinski definition) is 0. The second-order valence-corrected chi connectivity index (χ2v) is 6.95. The Balaban J connectivity index is 1.84. The lowest BCUT2D eigenvalue weighted by Gasteiger charge is -2.13. The van der Waals surface area contributed by atoms with Crippen molar-refractivity contribution in [1.82, 2.24) is 4.90 Å². The first kappa shape index (κ1) is 17.3. The first-order valence-corrected chi connectivity index (χ1v) is 8.91. The van der Waals surface area contributed by atoms with E-state index in [1.165, 1.54) is 4.90 Å². The second-order valence-electron chi connectivity index (χ2n) is 5.96. The summed E-state index contributed by atoms with van der Waals surface area (Å²) in [5.74, 6) is 0.436. The van der Waals surface area contributed by atoms with Gasteiger partial charge in [-0.15, -0.1) is 0 Å². The zero-order valence-electron chi connectivity index (χ0n) is 14.1. The number of rotatable bonds is 5. The molecular weight excluding hydrogens is 334 g/mol. The zero-order chi connectivity index (χ0) is 17.8. The van der Waals surface area contributed by atoms with Crippen LogP contribution in [0.4, 0.5) is 4.79 Å². The van der Waals surface area contributed by atoms with Crippen molar-refractivity contribution in [3.8, 4) is 5.75 Å². The van der Waals surface area contributed by atoms with Gasteiger partial charge in [-0.1, -0.05) is 48.5 Å². The molecule has 0 atom stereocenters. The summed E-state index contributed by atoms with van der Waals surface area (Å²) in [6.07, 6.45) is 1.76. The van der Waals surface area contributed by atoms with Gasteiger partial charge in [0.2, 0.25) is 0 Å². The molecule has 0 unspecified atom stereocenters. The fraction of sp³-hybridized carbons (Fsp3) is 0.200. The van der Waals surface area contributed by atoms with E-state index in [4.69, 9.17) is 4.74 Å². The normalized spacial score (nSPS) is 16.1. The van der Waals surface area contributed by atoms with E-state index in [2.05, 4.69) is 0 Å². The van der Waals surface area contributed by atoms with Gasteiger partial charge in [0.15, 0.2) is 0 Å². The van der Waals surface area contributed by atoms with Gasteiger partial charge in [-0.05, 0) is 43.3 Å². The van der Waals surface area contributed by atoms with Crippen LogP contribution in [0.15, 0.2) is 59.5 Å². The first-order chi connectivity index (χ1) is 12.0. The maximum atomic E-state index is 12.6. The molecule has 1 aliphatic rings. The molecule has 0 bridgehead atoms. The molecule has 2 aromatic carbocycles. The largest absolute Gasteiger partial charge is 0.490 e. The number of para-hydroxylation sites is 1. The van der Waals surface area contributed by atoms with Gasteiger partial charge < -0.3 is 4.74 Å². The Morgan fingerprint density at radius 3 is 2.44 bits per heavy atom. The summed E-state index contributed by atoms with van der Waals surface area (Å²) in [5, 5.41) is -0.248. The van der Waals surface area contributed by atoms with Gasteiger partial charge in [0.25, 0.3) is 11.1 Å². The Bertz CT molecular complexity index is 815. The van der Waals surface area contributed by atoms with Gasteiger partial charge in [-0.3, -0.25) is 14.5 Å². The summed E-state index contributed by atoms with van der Waals surface area (Å²) in [5.41, 5.74) is 1.72. The number of ether oxygens (including phenoxy) is 1. The summed E-state index contributed by atoms with van der Waals surface area (Å²) < 4.78 is 5.78. The van der Waals surface area contributed by atoms with Crippen molar-refractivity contribution >= 4 is 29.0 Å². The van der Waals surface area contributed by atoms with Gasteiger partial charge in [0, 0.05) is 5.56 Å². The first-order valence-electron chi connectivity index (χ1n) is 8.09. The van der Waals surface area contributed by atoms with Gasteiger partial charge in [0.05, 0.1) is 17.6 Å². The number of carbonyl (C=O) groups excluding carboxylic acids is 2. The average molecular weight is 353 g/mol. The number of nitrogens with zero attached hydrogens (tertiary/aromatic N) is 1. The topological polar surface area (TPSA) is 46.6 Å². The molecular formula is C20H19NO3S. The molecule has 1 heterocycles. The predicted molar refractivity (Wildman–Crippen MR) is 100 cm³/mol.